The molecule has 1 N–H and O–H groups in total. The predicted octanol–water partition coefficient (Wildman–Crippen LogP) is 2.16. The van der Waals surface area contributed by atoms with Gasteiger partial charge in [0, 0.05) is 31.7 Å². The Morgan fingerprint density at radius 3 is 2.50 bits per heavy atom. The van der Waals surface area contributed by atoms with Gasteiger partial charge in [-0.3, -0.25) is 4.79 Å². The molecule has 5 nitrogen and oxygen atoms in total. The van der Waals surface area contributed by atoms with Gasteiger partial charge in [-0.2, -0.15) is 0 Å². The van der Waals surface area contributed by atoms with Crippen molar-refractivity contribution in [3.05, 3.63) is 47.8 Å². The molecule has 0 spiro atoms. The molecule has 104 valence electrons. The van der Waals surface area contributed by atoms with Crippen LogP contribution < -0.4 is 5.32 Å². The average Bonchev–Trinajstić information content (AvgIpc) is 2.41. The topological polar surface area (TPSA) is 58.1 Å². The minimum Gasteiger partial charge on any atom is -0.349 e. The zero-order chi connectivity index (χ0) is 14.5. The summed E-state index contributed by atoms with van der Waals surface area (Å²) in [7, 11) is 3.51. The van der Waals surface area contributed by atoms with Gasteiger partial charge < -0.3 is 10.2 Å². The van der Waals surface area contributed by atoms with Gasteiger partial charge in [0.1, 0.15) is 0 Å². The molecular weight excluding hydrogens is 252 g/mol. The van der Waals surface area contributed by atoms with Gasteiger partial charge in [0.25, 0.3) is 0 Å². The number of hydrogen-bond donors (Lipinski definition) is 1. The summed E-state index contributed by atoms with van der Waals surface area (Å²) >= 11 is 0. The van der Waals surface area contributed by atoms with E-state index in [4.69, 9.17) is 0 Å². The summed E-state index contributed by atoms with van der Waals surface area (Å²) in [5.41, 5.74) is 2.80. The number of benzene rings is 1. The second-order valence-corrected chi connectivity index (χ2v) is 4.81. The molecule has 0 aliphatic carbocycles. The summed E-state index contributed by atoms with van der Waals surface area (Å²) < 4.78 is 0. The first-order valence-electron chi connectivity index (χ1n) is 6.40. The van der Waals surface area contributed by atoms with Crippen molar-refractivity contribution in [2.75, 3.05) is 19.4 Å². The number of hydrogen-bond acceptors (Lipinski definition) is 4. The zero-order valence-electron chi connectivity index (χ0n) is 11.9. The lowest BCUT2D eigenvalue weighted by atomic mass is 10.1. The van der Waals surface area contributed by atoms with E-state index in [1.54, 1.807) is 25.2 Å². The van der Waals surface area contributed by atoms with E-state index >= 15 is 0 Å². The molecule has 1 amide bonds. The van der Waals surface area contributed by atoms with Crippen molar-refractivity contribution >= 4 is 17.5 Å². The highest BCUT2D eigenvalue weighted by Gasteiger charge is 2.05. The van der Waals surface area contributed by atoms with Crippen LogP contribution in [0.3, 0.4) is 0 Å². The fourth-order valence-electron chi connectivity index (χ4n) is 1.68. The number of nitrogens with one attached hydrogen (secondary N) is 1. The molecule has 0 unspecified atom stereocenters. The number of aryl methyl sites for hydroxylation is 1. The predicted molar refractivity (Wildman–Crippen MR) is 78.9 cm³/mol. The Hall–Kier alpha value is -2.43. The van der Waals surface area contributed by atoms with E-state index in [-0.39, 0.29) is 5.91 Å². The molecule has 2 rings (SSSR count). The lowest BCUT2D eigenvalue weighted by Gasteiger charge is -2.10. The van der Waals surface area contributed by atoms with Gasteiger partial charge in [-0.25, -0.2) is 9.97 Å². The van der Waals surface area contributed by atoms with E-state index in [0.29, 0.717) is 12.4 Å². The van der Waals surface area contributed by atoms with Gasteiger partial charge in [-0.15, -0.1) is 0 Å². The van der Waals surface area contributed by atoms with Crippen LogP contribution in [0.25, 0.3) is 0 Å². The second kappa shape index (κ2) is 6.14. The molecule has 20 heavy (non-hydrogen) atoms. The van der Waals surface area contributed by atoms with Crippen molar-refractivity contribution in [1.82, 2.24) is 14.9 Å². The van der Waals surface area contributed by atoms with E-state index < -0.39 is 0 Å². The molecule has 0 aliphatic heterocycles. The summed E-state index contributed by atoms with van der Waals surface area (Å²) in [5.74, 6) is 0.662. The first-order chi connectivity index (χ1) is 9.54. The lowest BCUT2D eigenvalue weighted by molar-refractivity contribution is -0.127. The van der Waals surface area contributed by atoms with Crippen LogP contribution in [-0.2, 0) is 11.2 Å². The standard InChI is InChI=1S/C15H18N4O/c1-11-8-9-16-15(17-11)18-13-6-4-12(5-7-13)10-14(20)19(2)3/h4-9H,10H2,1-3H3,(H,16,17,18). The lowest BCUT2D eigenvalue weighted by Crippen LogP contribution is -2.23. The Balaban J connectivity index is 2.03. The van der Waals surface area contributed by atoms with Gasteiger partial charge in [0.05, 0.1) is 6.42 Å². The highest BCUT2D eigenvalue weighted by atomic mass is 16.2. The average molecular weight is 270 g/mol. The van der Waals surface area contributed by atoms with E-state index in [0.717, 1.165) is 16.9 Å². The van der Waals surface area contributed by atoms with Crippen LogP contribution in [-0.4, -0.2) is 34.9 Å². The number of carbonyl (C=O) groups is 1. The Labute approximate surface area is 118 Å². The fraction of sp³-hybridized carbons (Fsp3) is 0.267. The van der Waals surface area contributed by atoms with Crippen molar-refractivity contribution in [3.63, 3.8) is 0 Å². The molecule has 0 saturated carbocycles. The Kier molecular flexibility index (Phi) is 4.30. The number of rotatable bonds is 4. The molecule has 0 fully saturated rings. The SMILES string of the molecule is Cc1ccnc(Nc2ccc(CC(=O)N(C)C)cc2)n1. The monoisotopic (exact) mass is 270 g/mol. The molecule has 0 bridgehead atoms. The molecule has 0 aliphatic rings. The van der Waals surface area contributed by atoms with Gasteiger partial charge in [-0.1, -0.05) is 12.1 Å². The summed E-state index contributed by atoms with van der Waals surface area (Å²) in [6, 6.07) is 9.55. The summed E-state index contributed by atoms with van der Waals surface area (Å²) in [5, 5.41) is 3.13. The van der Waals surface area contributed by atoms with Crippen molar-refractivity contribution in [1.29, 1.82) is 0 Å². The van der Waals surface area contributed by atoms with Gasteiger partial charge >= 0.3 is 0 Å². The smallest absolute Gasteiger partial charge is 0.227 e. The number of aromatic nitrogens is 2. The zero-order valence-corrected chi connectivity index (χ0v) is 11.9. The van der Waals surface area contributed by atoms with Crippen LogP contribution in [0.5, 0.6) is 0 Å². The number of anilines is 2. The quantitative estimate of drug-likeness (QED) is 0.925. The molecular formula is C15H18N4O. The number of nitrogens with zero attached hydrogens (tertiary/aromatic N) is 3. The molecule has 0 atom stereocenters. The molecule has 2 aromatic rings. The summed E-state index contributed by atoms with van der Waals surface area (Å²) in [6.45, 7) is 1.92. The molecule has 1 heterocycles. The van der Waals surface area contributed by atoms with E-state index in [9.17, 15) is 4.79 Å². The summed E-state index contributed by atoms with van der Waals surface area (Å²) in [4.78, 5) is 21.6. The third kappa shape index (κ3) is 3.78. The fourth-order valence-corrected chi connectivity index (χ4v) is 1.68. The van der Waals surface area contributed by atoms with E-state index in [1.165, 1.54) is 0 Å². The van der Waals surface area contributed by atoms with Crippen LogP contribution in [0.15, 0.2) is 36.5 Å². The normalized spacial score (nSPS) is 10.2. The van der Waals surface area contributed by atoms with Gasteiger partial charge in [-0.05, 0) is 30.7 Å². The van der Waals surface area contributed by atoms with Crippen LogP contribution in [0.1, 0.15) is 11.3 Å². The van der Waals surface area contributed by atoms with Crippen molar-refractivity contribution in [2.45, 2.75) is 13.3 Å². The van der Waals surface area contributed by atoms with Crippen molar-refractivity contribution in [2.24, 2.45) is 0 Å². The molecule has 1 aromatic heterocycles. The van der Waals surface area contributed by atoms with Crippen molar-refractivity contribution in [3.8, 4) is 0 Å². The minimum absolute atomic E-state index is 0.0905. The molecule has 0 radical (unpaired) electrons. The maximum Gasteiger partial charge on any atom is 0.227 e. The number of likely N-dealkylation sites (N-methyl/N-ethyl adjacent to an activating group) is 1. The highest BCUT2D eigenvalue weighted by Crippen LogP contribution is 2.14. The van der Waals surface area contributed by atoms with Crippen LogP contribution >= 0.6 is 0 Å². The third-order valence-electron chi connectivity index (χ3n) is 2.86. The highest BCUT2D eigenvalue weighted by molar-refractivity contribution is 5.78. The minimum atomic E-state index is 0.0905. The molecule has 1 aromatic carbocycles. The Morgan fingerprint density at radius 1 is 1.20 bits per heavy atom. The van der Waals surface area contributed by atoms with E-state index in [2.05, 4.69) is 15.3 Å². The maximum absolute atomic E-state index is 11.6. The maximum atomic E-state index is 11.6. The first-order valence-corrected chi connectivity index (χ1v) is 6.40. The van der Waals surface area contributed by atoms with Crippen molar-refractivity contribution < 1.29 is 4.79 Å². The first kappa shape index (κ1) is 14.0. The van der Waals surface area contributed by atoms with Crippen LogP contribution in [0, 0.1) is 6.92 Å². The number of carbonyl (C=O) groups excluding carboxylic acids is 1. The second-order valence-electron chi connectivity index (χ2n) is 4.81. The largest absolute Gasteiger partial charge is 0.349 e. The van der Waals surface area contributed by atoms with Crippen LogP contribution in [0.2, 0.25) is 0 Å². The summed E-state index contributed by atoms with van der Waals surface area (Å²) in [6.07, 6.45) is 2.13. The van der Waals surface area contributed by atoms with Gasteiger partial charge in [0.2, 0.25) is 11.9 Å². The Morgan fingerprint density at radius 2 is 1.90 bits per heavy atom. The van der Waals surface area contributed by atoms with Gasteiger partial charge in [0.15, 0.2) is 0 Å². The number of amides is 1. The van der Waals surface area contributed by atoms with Crippen LogP contribution in [0.4, 0.5) is 11.6 Å². The molecule has 5 heteroatoms. The molecule has 0 saturated heterocycles. The Bertz CT molecular complexity index is 593. The third-order valence-corrected chi connectivity index (χ3v) is 2.86. The van der Waals surface area contributed by atoms with E-state index in [1.807, 2.05) is 37.3 Å².